The molecule has 33 heavy (non-hydrogen) atoms. The van der Waals surface area contributed by atoms with Gasteiger partial charge in [0, 0.05) is 37.6 Å². The van der Waals surface area contributed by atoms with Crippen molar-refractivity contribution < 1.29 is 28.6 Å². The number of methoxy groups -OCH3 is 2. The average molecular weight is 478 g/mol. The summed E-state index contributed by atoms with van der Waals surface area (Å²) in [7, 11) is 3.06. The fourth-order valence-electron chi connectivity index (χ4n) is 3.19. The SMILES string of the molecule is CCOC(=O)N1CCN(C(=O)Nc2nc(CC(=O)Nc3cc(OC)ccc3OC)cs2)CC1. The van der Waals surface area contributed by atoms with Gasteiger partial charge in [0.15, 0.2) is 5.13 Å². The third-order valence-corrected chi connectivity index (χ3v) is 5.69. The second kappa shape index (κ2) is 11.4. The Morgan fingerprint density at radius 3 is 2.45 bits per heavy atom. The maximum Gasteiger partial charge on any atom is 0.409 e. The summed E-state index contributed by atoms with van der Waals surface area (Å²) < 4.78 is 15.4. The van der Waals surface area contributed by atoms with E-state index in [1.165, 1.54) is 18.4 Å². The largest absolute Gasteiger partial charge is 0.497 e. The summed E-state index contributed by atoms with van der Waals surface area (Å²) in [4.78, 5) is 44.3. The van der Waals surface area contributed by atoms with Crippen LogP contribution in [-0.2, 0) is 16.0 Å². The van der Waals surface area contributed by atoms with E-state index in [2.05, 4.69) is 15.6 Å². The molecule has 1 aliphatic heterocycles. The van der Waals surface area contributed by atoms with Crippen LogP contribution in [0.4, 0.5) is 20.4 Å². The van der Waals surface area contributed by atoms with E-state index in [9.17, 15) is 14.4 Å². The summed E-state index contributed by atoms with van der Waals surface area (Å²) in [5.41, 5.74) is 1.02. The number of ether oxygens (including phenoxy) is 3. The number of hydrogen-bond donors (Lipinski definition) is 2. The first-order valence-corrected chi connectivity index (χ1v) is 11.2. The minimum absolute atomic E-state index is 0.0327. The number of urea groups is 1. The first-order valence-electron chi connectivity index (χ1n) is 10.4. The Bertz CT molecular complexity index is 989. The molecule has 12 heteroatoms. The van der Waals surface area contributed by atoms with Crippen LogP contribution in [0, 0.1) is 0 Å². The lowest BCUT2D eigenvalue weighted by Crippen LogP contribution is -2.51. The Kier molecular flexibility index (Phi) is 8.30. The molecule has 1 aromatic carbocycles. The predicted octanol–water partition coefficient (Wildman–Crippen LogP) is 2.65. The fraction of sp³-hybridized carbons (Fsp3) is 0.429. The highest BCUT2D eigenvalue weighted by molar-refractivity contribution is 7.13. The van der Waals surface area contributed by atoms with Gasteiger partial charge in [0.1, 0.15) is 11.5 Å². The number of hydrogen-bond acceptors (Lipinski definition) is 8. The third-order valence-electron chi connectivity index (χ3n) is 4.88. The lowest BCUT2D eigenvalue weighted by Gasteiger charge is -2.33. The van der Waals surface area contributed by atoms with Gasteiger partial charge in [-0.1, -0.05) is 0 Å². The van der Waals surface area contributed by atoms with Gasteiger partial charge in [-0.2, -0.15) is 0 Å². The molecule has 0 saturated carbocycles. The monoisotopic (exact) mass is 477 g/mol. The molecule has 0 atom stereocenters. The average Bonchev–Trinajstić information content (AvgIpc) is 3.25. The van der Waals surface area contributed by atoms with Crippen molar-refractivity contribution in [2.24, 2.45) is 0 Å². The van der Waals surface area contributed by atoms with E-state index in [4.69, 9.17) is 14.2 Å². The van der Waals surface area contributed by atoms with Crippen LogP contribution in [0.1, 0.15) is 12.6 Å². The van der Waals surface area contributed by atoms with Crippen molar-refractivity contribution in [1.82, 2.24) is 14.8 Å². The van der Waals surface area contributed by atoms with Crippen LogP contribution in [0.3, 0.4) is 0 Å². The molecule has 0 aliphatic carbocycles. The number of amides is 4. The number of carbonyl (C=O) groups excluding carboxylic acids is 3. The zero-order valence-corrected chi connectivity index (χ0v) is 19.6. The van der Waals surface area contributed by atoms with Gasteiger partial charge < -0.3 is 29.3 Å². The minimum atomic E-state index is -0.369. The van der Waals surface area contributed by atoms with Crippen LogP contribution in [0.15, 0.2) is 23.6 Å². The zero-order chi connectivity index (χ0) is 23.8. The second-order valence-electron chi connectivity index (χ2n) is 7.04. The topological polar surface area (TPSA) is 122 Å². The number of piperazine rings is 1. The molecule has 4 amide bonds. The van der Waals surface area contributed by atoms with E-state index >= 15 is 0 Å². The summed E-state index contributed by atoms with van der Waals surface area (Å²) in [6.07, 6.45) is -0.336. The molecule has 1 fully saturated rings. The maximum atomic E-state index is 12.5. The van der Waals surface area contributed by atoms with Crippen molar-refractivity contribution >= 4 is 40.2 Å². The number of benzene rings is 1. The summed E-state index contributed by atoms with van der Waals surface area (Å²) in [5.74, 6) is 0.825. The highest BCUT2D eigenvalue weighted by Gasteiger charge is 2.25. The van der Waals surface area contributed by atoms with Crippen LogP contribution >= 0.6 is 11.3 Å². The van der Waals surface area contributed by atoms with Gasteiger partial charge in [-0.15, -0.1) is 11.3 Å². The Morgan fingerprint density at radius 1 is 1.06 bits per heavy atom. The standard InChI is InChI=1S/C21H27N5O6S/c1-4-32-21(29)26-9-7-25(8-10-26)20(28)24-19-22-14(13-33-19)11-18(27)23-16-12-15(30-2)5-6-17(16)31-3/h5-6,12-13H,4,7-11H2,1-3H3,(H,23,27)(H,22,24,28). The number of carbonyl (C=O) groups is 3. The van der Waals surface area contributed by atoms with Crippen molar-refractivity contribution in [1.29, 1.82) is 0 Å². The molecule has 0 radical (unpaired) electrons. The molecule has 0 spiro atoms. The van der Waals surface area contributed by atoms with Gasteiger partial charge in [-0.3, -0.25) is 10.1 Å². The normalized spacial score (nSPS) is 13.3. The zero-order valence-electron chi connectivity index (χ0n) is 18.8. The van der Waals surface area contributed by atoms with E-state index in [1.807, 2.05) is 0 Å². The lowest BCUT2D eigenvalue weighted by atomic mass is 10.2. The number of nitrogens with one attached hydrogen (secondary N) is 2. The van der Waals surface area contributed by atoms with Crippen LogP contribution in [0.2, 0.25) is 0 Å². The smallest absolute Gasteiger partial charge is 0.409 e. The minimum Gasteiger partial charge on any atom is -0.497 e. The van der Waals surface area contributed by atoms with Crippen molar-refractivity contribution in [2.45, 2.75) is 13.3 Å². The number of rotatable bonds is 7. The summed E-state index contributed by atoms with van der Waals surface area (Å²) in [6.45, 7) is 3.67. The summed E-state index contributed by atoms with van der Waals surface area (Å²) >= 11 is 1.24. The highest BCUT2D eigenvalue weighted by atomic mass is 32.1. The van der Waals surface area contributed by atoms with Gasteiger partial charge in [-0.05, 0) is 19.1 Å². The van der Waals surface area contributed by atoms with Crippen molar-refractivity contribution in [3.63, 3.8) is 0 Å². The second-order valence-corrected chi connectivity index (χ2v) is 7.90. The van der Waals surface area contributed by atoms with E-state index in [1.54, 1.807) is 47.4 Å². The number of anilines is 2. The third kappa shape index (κ3) is 6.48. The number of aromatic nitrogens is 1. The van der Waals surface area contributed by atoms with Crippen molar-refractivity contribution in [2.75, 3.05) is 57.6 Å². The Morgan fingerprint density at radius 2 is 1.79 bits per heavy atom. The molecule has 2 N–H and O–H groups in total. The molecule has 1 aliphatic rings. The van der Waals surface area contributed by atoms with Gasteiger partial charge in [-0.25, -0.2) is 14.6 Å². The van der Waals surface area contributed by atoms with Crippen LogP contribution in [0.25, 0.3) is 0 Å². The van der Waals surface area contributed by atoms with Crippen LogP contribution in [0.5, 0.6) is 11.5 Å². The molecule has 2 aromatic rings. The Hall–Kier alpha value is -3.54. The van der Waals surface area contributed by atoms with E-state index in [-0.39, 0.29) is 24.5 Å². The molecular formula is C21H27N5O6S. The summed E-state index contributed by atoms with van der Waals surface area (Å²) in [5, 5.41) is 7.66. The maximum absolute atomic E-state index is 12.5. The molecular weight excluding hydrogens is 450 g/mol. The Balaban J connectivity index is 1.50. The molecule has 1 saturated heterocycles. The van der Waals surface area contributed by atoms with E-state index in [0.717, 1.165) is 0 Å². The quantitative estimate of drug-likeness (QED) is 0.629. The Labute approximate surface area is 195 Å². The van der Waals surface area contributed by atoms with E-state index in [0.29, 0.717) is 60.8 Å². The molecule has 0 unspecified atom stereocenters. The number of thiazole rings is 1. The van der Waals surface area contributed by atoms with Crippen molar-refractivity contribution in [3.05, 3.63) is 29.3 Å². The fourth-order valence-corrected chi connectivity index (χ4v) is 3.89. The highest BCUT2D eigenvalue weighted by Crippen LogP contribution is 2.29. The van der Waals surface area contributed by atoms with Gasteiger partial charge in [0.05, 0.1) is 38.6 Å². The van der Waals surface area contributed by atoms with Crippen molar-refractivity contribution in [3.8, 4) is 11.5 Å². The molecule has 0 bridgehead atoms. The van der Waals surface area contributed by atoms with E-state index < -0.39 is 0 Å². The molecule has 178 valence electrons. The molecule has 1 aromatic heterocycles. The first kappa shape index (κ1) is 24.1. The van der Waals surface area contributed by atoms with Gasteiger partial charge in [0.2, 0.25) is 5.91 Å². The van der Waals surface area contributed by atoms with Gasteiger partial charge >= 0.3 is 12.1 Å². The molecule has 2 heterocycles. The lowest BCUT2D eigenvalue weighted by molar-refractivity contribution is -0.115. The van der Waals surface area contributed by atoms with Gasteiger partial charge in [0.25, 0.3) is 0 Å². The van der Waals surface area contributed by atoms with Crippen LogP contribution < -0.4 is 20.1 Å². The molecule has 11 nitrogen and oxygen atoms in total. The number of nitrogens with zero attached hydrogens (tertiary/aromatic N) is 3. The first-order chi connectivity index (χ1) is 15.9. The molecule has 3 rings (SSSR count). The van der Waals surface area contributed by atoms with Crippen LogP contribution in [-0.4, -0.2) is 79.8 Å². The summed E-state index contributed by atoms with van der Waals surface area (Å²) in [6, 6.07) is 4.81. The predicted molar refractivity (Wildman–Crippen MR) is 123 cm³/mol.